The van der Waals surface area contributed by atoms with Crippen molar-refractivity contribution in [1.82, 2.24) is 25.3 Å². The van der Waals surface area contributed by atoms with E-state index in [1.54, 1.807) is 6.20 Å². The fourth-order valence-corrected chi connectivity index (χ4v) is 2.25. The van der Waals surface area contributed by atoms with Crippen LogP contribution < -0.4 is 5.32 Å². The van der Waals surface area contributed by atoms with Crippen LogP contribution in [0.15, 0.2) is 6.20 Å². The lowest BCUT2D eigenvalue weighted by molar-refractivity contribution is 0.0949. The average Bonchev–Trinajstić information content (AvgIpc) is 2.83. The van der Waals surface area contributed by atoms with Crippen molar-refractivity contribution in [2.75, 3.05) is 46.3 Å². The summed E-state index contributed by atoms with van der Waals surface area (Å²) >= 11 is 0. The minimum absolute atomic E-state index is 0.0374. The summed E-state index contributed by atoms with van der Waals surface area (Å²) in [6.45, 7) is 8.16. The number of piperazine rings is 1. The molecule has 1 aromatic heterocycles. The molecule has 0 aromatic carbocycles. The maximum absolute atomic E-state index is 11.8. The summed E-state index contributed by atoms with van der Waals surface area (Å²) in [4.78, 5) is 16.6. The second-order valence-electron chi connectivity index (χ2n) is 5.16. The van der Waals surface area contributed by atoms with E-state index < -0.39 is 0 Å². The smallest absolute Gasteiger partial charge is 0.254 e. The van der Waals surface area contributed by atoms with E-state index in [-0.39, 0.29) is 5.91 Å². The van der Waals surface area contributed by atoms with Gasteiger partial charge in [-0.2, -0.15) is 5.10 Å². The van der Waals surface area contributed by atoms with Crippen LogP contribution in [0, 0.1) is 6.92 Å². The summed E-state index contributed by atoms with van der Waals surface area (Å²) in [6.07, 6.45) is 2.57. The highest BCUT2D eigenvalue weighted by Gasteiger charge is 2.13. The van der Waals surface area contributed by atoms with Crippen molar-refractivity contribution in [3.63, 3.8) is 0 Å². The average molecular weight is 265 g/mol. The van der Waals surface area contributed by atoms with Crippen LogP contribution in [0.3, 0.4) is 0 Å². The van der Waals surface area contributed by atoms with E-state index in [4.69, 9.17) is 0 Å². The first-order valence-corrected chi connectivity index (χ1v) is 6.86. The third-order valence-corrected chi connectivity index (χ3v) is 3.61. The maximum Gasteiger partial charge on any atom is 0.254 e. The second kappa shape index (κ2) is 6.68. The number of nitrogens with one attached hydrogen (secondary N) is 2. The number of aromatic nitrogens is 2. The van der Waals surface area contributed by atoms with Gasteiger partial charge in [0.15, 0.2) is 0 Å². The lowest BCUT2D eigenvalue weighted by atomic mass is 10.2. The first-order valence-electron chi connectivity index (χ1n) is 6.86. The molecule has 6 nitrogen and oxygen atoms in total. The largest absolute Gasteiger partial charge is 0.352 e. The zero-order valence-corrected chi connectivity index (χ0v) is 11.8. The summed E-state index contributed by atoms with van der Waals surface area (Å²) in [5.41, 5.74) is 1.45. The van der Waals surface area contributed by atoms with E-state index in [0.29, 0.717) is 5.56 Å². The van der Waals surface area contributed by atoms with Gasteiger partial charge in [-0.3, -0.25) is 9.89 Å². The fraction of sp³-hybridized carbons (Fsp3) is 0.692. The number of likely N-dealkylation sites (N-methyl/N-ethyl adjacent to an activating group) is 1. The predicted molar refractivity (Wildman–Crippen MR) is 74.2 cm³/mol. The Hall–Kier alpha value is -1.40. The molecule has 1 saturated heterocycles. The molecule has 0 spiro atoms. The van der Waals surface area contributed by atoms with Gasteiger partial charge in [0.1, 0.15) is 0 Å². The molecule has 0 radical (unpaired) electrons. The van der Waals surface area contributed by atoms with Crippen LogP contribution >= 0.6 is 0 Å². The minimum atomic E-state index is -0.0374. The van der Waals surface area contributed by atoms with E-state index in [2.05, 4.69) is 32.4 Å². The van der Waals surface area contributed by atoms with Crippen LogP contribution in [0.5, 0.6) is 0 Å². The number of aromatic amines is 1. The Bertz CT molecular complexity index is 409. The van der Waals surface area contributed by atoms with Gasteiger partial charge in [0.2, 0.25) is 0 Å². The molecule has 1 aliphatic rings. The maximum atomic E-state index is 11.8. The number of nitrogens with zero attached hydrogens (tertiary/aromatic N) is 3. The van der Waals surface area contributed by atoms with E-state index in [0.717, 1.165) is 51.4 Å². The quantitative estimate of drug-likeness (QED) is 0.740. The molecule has 2 N–H and O–H groups in total. The lowest BCUT2D eigenvalue weighted by Gasteiger charge is -2.32. The number of amides is 1. The van der Waals surface area contributed by atoms with Gasteiger partial charge >= 0.3 is 0 Å². The number of carbonyl (C=O) groups is 1. The minimum Gasteiger partial charge on any atom is -0.352 e. The van der Waals surface area contributed by atoms with Crippen molar-refractivity contribution < 1.29 is 4.79 Å². The van der Waals surface area contributed by atoms with Gasteiger partial charge < -0.3 is 15.1 Å². The lowest BCUT2D eigenvalue weighted by Crippen LogP contribution is -2.45. The standard InChI is InChI=1S/C13H23N5O/c1-11-12(10-15-16-11)13(19)14-4-3-5-18-8-6-17(2)7-9-18/h10H,3-9H2,1-2H3,(H,14,19)(H,15,16). The van der Waals surface area contributed by atoms with Crippen LogP contribution in [0.4, 0.5) is 0 Å². The molecule has 0 saturated carbocycles. The number of hydrogen-bond acceptors (Lipinski definition) is 4. The molecule has 1 fully saturated rings. The third kappa shape index (κ3) is 4.04. The summed E-state index contributed by atoms with van der Waals surface area (Å²) in [6, 6.07) is 0. The Balaban J connectivity index is 1.62. The predicted octanol–water partition coefficient (Wildman–Crippen LogP) is 0.0854. The Morgan fingerprint density at radius 3 is 2.79 bits per heavy atom. The molecular weight excluding hydrogens is 242 g/mol. The van der Waals surface area contributed by atoms with Crippen LogP contribution in [-0.4, -0.2) is 72.2 Å². The molecule has 0 atom stereocenters. The van der Waals surface area contributed by atoms with Gasteiger partial charge in [0.05, 0.1) is 11.8 Å². The van der Waals surface area contributed by atoms with Crippen molar-refractivity contribution >= 4 is 5.91 Å². The first-order chi connectivity index (χ1) is 9.16. The highest BCUT2D eigenvalue weighted by atomic mass is 16.1. The zero-order chi connectivity index (χ0) is 13.7. The van der Waals surface area contributed by atoms with Gasteiger partial charge in [-0.1, -0.05) is 0 Å². The normalized spacial score (nSPS) is 17.6. The van der Waals surface area contributed by atoms with E-state index >= 15 is 0 Å². The van der Waals surface area contributed by atoms with Crippen LogP contribution in [0.25, 0.3) is 0 Å². The molecule has 0 unspecified atom stereocenters. The Morgan fingerprint density at radius 2 is 2.16 bits per heavy atom. The molecular formula is C13H23N5O. The SMILES string of the molecule is Cc1[nH]ncc1C(=O)NCCCN1CCN(C)CC1. The van der Waals surface area contributed by atoms with Crippen LogP contribution in [0.2, 0.25) is 0 Å². The van der Waals surface area contributed by atoms with Crippen molar-refractivity contribution in [2.24, 2.45) is 0 Å². The molecule has 0 aliphatic carbocycles. The summed E-state index contributed by atoms with van der Waals surface area (Å²) in [5, 5.41) is 9.56. The van der Waals surface area contributed by atoms with Crippen molar-refractivity contribution in [3.05, 3.63) is 17.5 Å². The first kappa shape index (κ1) is 14.0. The molecule has 6 heteroatoms. The Labute approximate surface area is 114 Å². The number of carbonyl (C=O) groups excluding carboxylic acids is 1. The Kier molecular flexibility index (Phi) is 4.93. The van der Waals surface area contributed by atoms with Crippen molar-refractivity contribution in [1.29, 1.82) is 0 Å². The van der Waals surface area contributed by atoms with Crippen LogP contribution in [-0.2, 0) is 0 Å². The molecule has 1 aliphatic heterocycles. The summed E-state index contributed by atoms with van der Waals surface area (Å²) in [5.74, 6) is -0.0374. The zero-order valence-electron chi connectivity index (χ0n) is 11.8. The van der Waals surface area contributed by atoms with Gasteiger partial charge in [0.25, 0.3) is 5.91 Å². The summed E-state index contributed by atoms with van der Waals surface area (Å²) < 4.78 is 0. The number of rotatable bonds is 5. The molecule has 0 bridgehead atoms. The third-order valence-electron chi connectivity index (χ3n) is 3.61. The van der Waals surface area contributed by atoms with Gasteiger partial charge in [-0.15, -0.1) is 0 Å². The summed E-state index contributed by atoms with van der Waals surface area (Å²) in [7, 11) is 2.16. The monoisotopic (exact) mass is 265 g/mol. The van der Waals surface area contributed by atoms with Gasteiger partial charge in [-0.25, -0.2) is 0 Å². The van der Waals surface area contributed by atoms with Gasteiger partial charge in [0, 0.05) is 38.4 Å². The van der Waals surface area contributed by atoms with E-state index in [1.807, 2.05) is 6.92 Å². The number of H-pyrrole nitrogens is 1. The highest BCUT2D eigenvalue weighted by Crippen LogP contribution is 2.02. The number of hydrogen-bond donors (Lipinski definition) is 2. The molecule has 2 rings (SSSR count). The molecule has 106 valence electrons. The second-order valence-corrected chi connectivity index (χ2v) is 5.16. The van der Waals surface area contributed by atoms with E-state index in [1.165, 1.54) is 0 Å². The van der Waals surface area contributed by atoms with Crippen molar-refractivity contribution in [2.45, 2.75) is 13.3 Å². The van der Waals surface area contributed by atoms with Gasteiger partial charge in [-0.05, 0) is 26.9 Å². The molecule has 1 aromatic rings. The molecule has 2 heterocycles. The van der Waals surface area contributed by atoms with E-state index in [9.17, 15) is 4.79 Å². The van der Waals surface area contributed by atoms with Crippen molar-refractivity contribution in [3.8, 4) is 0 Å². The fourth-order valence-electron chi connectivity index (χ4n) is 2.25. The highest BCUT2D eigenvalue weighted by molar-refractivity contribution is 5.94. The topological polar surface area (TPSA) is 64.3 Å². The molecule has 1 amide bonds. The van der Waals surface area contributed by atoms with Crippen LogP contribution in [0.1, 0.15) is 22.5 Å². The Morgan fingerprint density at radius 1 is 1.42 bits per heavy atom. The molecule has 19 heavy (non-hydrogen) atoms. The number of aryl methyl sites for hydroxylation is 1.